The van der Waals surface area contributed by atoms with Crippen LogP contribution in [0.5, 0.6) is 0 Å². The Hall–Kier alpha value is -3.26. The Morgan fingerprint density at radius 2 is 1.69 bits per heavy atom. The maximum Gasteiger partial charge on any atom is 0.213 e. The van der Waals surface area contributed by atoms with Gasteiger partial charge in [0.15, 0.2) is 12.2 Å². The van der Waals surface area contributed by atoms with Gasteiger partial charge in [-0.3, -0.25) is 4.99 Å². The molecule has 3 heterocycles. The third kappa shape index (κ3) is 2.96. The van der Waals surface area contributed by atoms with Crippen molar-refractivity contribution in [3.8, 4) is 11.3 Å². The summed E-state index contributed by atoms with van der Waals surface area (Å²) < 4.78 is 2.41. The zero-order chi connectivity index (χ0) is 19.8. The fourth-order valence-electron chi connectivity index (χ4n) is 4.98. The molecule has 0 radical (unpaired) electrons. The van der Waals surface area contributed by atoms with E-state index >= 15 is 0 Å². The second-order valence-corrected chi connectivity index (χ2v) is 7.89. The summed E-state index contributed by atoms with van der Waals surface area (Å²) in [5.74, 6) is 0.382. The lowest BCUT2D eigenvalue weighted by atomic mass is 9.76. The number of aryl methyl sites for hydroxylation is 1. The summed E-state index contributed by atoms with van der Waals surface area (Å²) in [5, 5.41) is 0. The van der Waals surface area contributed by atoms with Gasteiger partial charge in [-0.1, -0.05) is 55.6 Å². The maximum absolute atomic E-state index is 4.93. The number of rotatable bonds is 1. The summed E-state index contributed by atoms with van der Waals surface area (Å²) >= 11 is 0. The first-order chi connectivity index (χ1) is 14.3. The molecule has 0 amide bonds. The molecule has 0 aliphatic carbocycles. The van der Waals surface area contributed by atoms with Gasteiger partial charge in [-0.2, -0.15) is 4.57 Å². The van der Waals surface area contributed by atoms with Crippen molar-refractivity contribution in [2.45, 2.75) is 24.8 Å². The SMILES string of the molecule is C=CC1=NCC(=C)C2C(CCc3ccccc31)c1ccccc1-c1cccc[n+]12. The van der Waals surface area contributed by atoms with Crippen LogP contribution >= 0.6 is 0 Å². The molecule has 0 fully saturated rings. The summed E-state index contributed by atoms with van der Waals surface area (Å²) in [5.41, 5.74) is 8.69. The molecule has 2 atom stereocenters. The molecule has 3 aromatic rings. The molecule has 29 heavy (non-hydrogen) atoms. The van der Waals surface area contributed by atoms with Gasteiger partial charge in [-0.15, -0.1) is 0 Å². The standard InChI is InChI=1S/C27H25N2/c1-3-25-21-11-5-4-10-20(21)15-16-24-22-12-6-7-13-23(22)26-14-8-9-17-29(26)27(24)19(2)18-28-25/h3-14,17,24,27H,1-2,15-16,18H2/q+1. The van der Waals surface area contributed by atoms with E-state index in [9.17, 15) is 0 Å². The number of allylic oxidation sites excluding steroid dienone is 1. The van der Waals surface area contributed by atoms with E-state index in [2.05, 4.69) is 90.7 Å². The lowest BCUT2D eigenvalue weighted by molar-refractivity contribution is -0.709. The Kier molecular flexibility index (Phi) is 4.48. The molecule has 0 saturated carbocycles. The Bertz CT molecular complexity index is 1140. The number of pyridine rings is 1. The van der Waals surface area contributed by atoms with Crippen molar-refractivity contribution in [3.63, 3.8) is 0 Å². The van der Waals surface area contributed by atoms with E-state index in [1.54, 1.807) is 0 Å². The minimum atomic E-state index is 0.209. The summed E-state index contributed by atoms with van der Waals surface area (Å²) in [7, 11) is 0. The van der Waals surface area contributed by atoms with Gasteiger partial charge in [0, 0.05) is 28.8 Å². The van der Waals surface area contributed by atoms with Crippen LogP contribution in [0.2, 0.25) is 0 Å². The van der Waals surface area contributed by atoms with Gasteiger partial charge in [0.2, 0.25) is 5.69 Å². The average molecular weight is 378 g/mol. The number of aliphatic imine (C=N–C) groups is 1. The molecule has 0 saturated heterocycles. The van der Waals surface area contributed by atoms with Crippen LogP contribution in [0, 0.1) is 0 Å². The highest BCUT2D eigenvalue weighted by Gasteiger charge is 2.41. The van der Waals surface area contributed by atoms with E-state index in [-0.39, 0.29) is 6.04 Å². The van der Waals surface area contributed by atoms with Gasteiger partial charge in [0.05, 0.1) is 18.2 Å². The van der Waals surface area contributed by atoms with Gasteiger partial charge < -0.3 is 0 Å². The summed E-state index contributed by atoms with van der Waals surface area (Å²) in [6, 6.07) is 24.1. The molecule has 0 N–H and O–H groups in total. The van der Waals surface area contributed by atoms with Crippen LogP contribution in [0.1, 0.15) is 35.1 Å². The Labute approximate surface area is 172 Å². The van der Waals surface area contributed by atoms with Crippen molar-refractivity contribution in [1.29, 1.82) is 0 Å². The summed E-state index contributed by atoms with van der Waals surface area (Å²) in [4.78, 5) is 4.93. The van der Waals surface area contributed by atoms with E-state index in [1.807, 2.05) is 6.08 Å². The zero-order valence-electron chi connectivity index (χ0n) is 16.6. The van der Waals surface area contributed by atoms with Crippen LogP contribution < -0.4 is 4.57 Å². The Balaban J connectivity index is 1.69. The smallest absolute Gasteiger partial charge is 0.213 e. The van der Waals surface area contributed by atoms with Crippen LogP contribution in [0.3, 0.4) is 0 Å². The lowest BCUT2D eigenvalue weighted by Crippen LogP contribution is -2.48. The second-order valence-electron chi connectivity index (χ2n) is 7.89. The quantitative estimate of drug-likeness (QED) is 0.396. The van der Waals surface area contributed by atoms with Crippen LogP contribution in [0.4, 0.5) is 0 Å². The topological polar surface area (TPSA) is 16.2 Å². The van der Waals surface area contributed by atoms with Crippen molar-refractivity contribution < 1.29 is 4.57 Å². The predicted molar refractivity (Wildman–Crippen MR) is 119 cm³/mol. The summed E-state index contributed by atoms with van der Waals surface area (Å²) in [6.07, 6.45) is 6.16. The van der Waals surface area contributed by atoms with Gasteiger partial charge >= 0.3 is 0 Å². The molecule has 2 aliphatic heterocycles. The van der Waals surface area contributed by atoms with E-state index in [1.165, 1.54) is 27.9 Å². The van der Waals surface area contributed by atoms with E-state index in [0.717, 1.165) is 24.1 Å². The minimum absolute atomic E-state index is 0.209. The highest BCUT2D eigenvalue weighted by molar-refractivity contribution is 6.09. The first-order valence-electron chi connectivity index (χ1n) is 10.3. The van der Waals surface area contributed by atoms with Crippen molar-refractivity contribution in [2.75, 3.05) is 6.54 Å². The first kappa shape index (κ1) is 17.8. The van der Waals surface area contributed by atoms with Gasteiger partial charge in [-0.05, 0) is 42.2 Å². The van der Waals surface area contributed by atoms with Crippen LogP contribution in [-0.4, -0.2) is 12.3 Å². The molecule has 2 nitrogen and oxygen atoms in total. The third-order valence-electron chi connectivity index (χ3n) is 6.29. The van der Waals surface area contributed by atoms with Crippen LogP contribution in [0.25, 0.3) is 11.3 Å². The fraction of sp³-hybridized carbons (Fsp3) is 0.185. The molecule has 5 rings (SSSR count). The maximum atomic E-state index is 4.93. The minimum Gasteiger partial charge on any atom is -0.280 e. The molecule has 142 valence electrons. The van der Waals surface area contributed by atoms with Gasteiger partial charge in [0.1, 0.15) is 0 Å². The zero-order valence-corrected chi connectivity index (χ0v) is 16.6. The Morgan fingerprint density at radius 3 is 2.55 bits per heavy atom. The van der Waals surface area contributed by atoms with Crippen molar-refractivity contribution >= 4 is 5.71 Å². The molecular weight excluding hydrogens is 352 g/mol. The van der Waals surface area contributed by atoms with Gasteiger partial charge in [-0.25, -0.2) is 0 Å². The predicted octanol–water partition coefficient (Wildman–Crippen LogP) is 5.46. The summed E-state index contributed by atoms with van der Waals surface area (Å²) in [6.45, 7) is 9.13. The number of nitrogens with zero attached hydrogens (tertiary/aromatic N) is 2. The second kappa shape index (κ2) is 7.29. The van der Waals surface area contributed by atoms with Crippen molar-refractivity contribution in [3.05, 3.63) is 114 Å². The van der Waals surface area contributed by atoms with E-state index < -0.39 is 0 Å². The largest absolute Gasteiger partial charge is 0.280 e. The molecule has 2 unspecified atom stereocenters. The number of hydrogen-bond donors (Lipinski definition) is 0. The molecule has 1 aromatic heterocycles. The van der Waals surface area contributed by atoms with Crippen LogP contribution in [0.15, 0.2) is 103 Å². The molecule has 2 aromatic carbocycles. The molecular formula is C27H25N2+. The molecule has 2 heteroatoms. The van der Waals surface area contributed by atoms with Crippen molar-refractivity contribution in [1.82, 2.24) is 0 Å². The third-order valence-corrected chi connectivity index (χ3v) is 6.29. The number of aromatic nitrogens is 1. The number of hydrogen-bond acceptors (Lipinski definition) is 1. The average Bonchev–Trinajstić information content (AvgIpc) is 2.78. The van der Waals surface area contributed by atoms with E-state index in [0.29, 0.717) is 12.5 Å². The Morgan fingerprint density at radius 1 is 0.931 bits per heavy atom. The lowest BCUT2D eigenvalue weighted by Gasteiger charge is -2.32. The van der Waals surface area contributed by atoms with Crippen molar-refractivity contribution in [2.24, 2.45) is 4.99 Å². The van der Waals surface area contributed by atoms with Gasteiger partial charge in [0.25, 0.3) is 0 Å². The first-order valence-corrected chi connectivity index (χ1v) is 10.3. The normalized spacial score (nSPS) is 20.4. The number of fused-ring (bicyclic) bond motifs is 7. The highest BCUT2D eigenvalue weighted by atomic mass is 15.0. The number of benzene rings is 2. The van der Waals surface area contributed by atoms with Crippen LogP contribution in [-0.2, 0) is 6.42 Å². The van der Waals surface area contributed by atoms with E-state index in [4.69, 9.17) is 4.99 Å². The highest BCUT2D eigenvalue weighted by Crippen LogP contribution is 2.43. The molecule has 0 bridgehead atoms. The molecule has 2 aliphatic rings. The molecule has 0 spiro atoms. The fourth-order valence-corrected chi connectivity index (χ4v) is 4.98. The monoisotopic (exact) mass is 377 g/mol.